The molecular formula is C15H20N2O. The van der Waals surface area contributed by atoms with Gasteiger partial charge in [0.05, 0.1) is 6.07 Å². The Morgan fingerprint density at radius 2 is 2.06 bits per heavy atom. The third kappa shape index (κ3) is 5.01. The van der Waals surface area contributed by atoms with Crippen LogP contribution in [0.25, 0.3) is 0 Å². The Labute approximate surface area is 109 Å². The fraction of sp³-hybridized carbons (Fsp3) is 0.467. The molecule has 0 spiro atoms. The van der Waals surface area contributed by atoms with Crippen LogP contribution >= 0.6 is 0 Å². The van der Waals surface area contributed by atoms with Gasteiger partial charge >= 0.3 is 0 Å². The standard InChI is InChI=1S/C15H20N2O/c1-2-3-7-10-17-15(18)14(12-16)11-13-8-5-4-6-9-13/h4-6,8-9,14H,2-3,7,10-11H2,1H3,(H,17,18). The maximum absolute atomic E-state index is 11.8. The van der Waals surface area contributed by atoms with E-state index in [0.29, 0.717) is 13.0 Å². The molecule has 0 saturated carbocycles. The van der Waals surface area contributed by atoms with Crippen LogP contribution in [0, 0.1) is 17.2 Å². The molecule has 1 atom stereocenters. The largest absolute Gasteiger partial charge is 0.355 e. The fourth-order valence-electron chi connectivity index (χ4n) is 1.76. The van der Waals surface area contributed by atoms with Crippen molar-refractivity contribution in [3.05, 3.63) is 35.9 Å². The predicted octanol–water partition coefficient (Wildman–Crippen LogP) is 2.68. The van der Waals surface area contributed by atoms with E-state index in [1.807, 2.05) is 30.3 Å². The van der Waals surface area contributed by atoms with E-state index in [-0.39, 0.29) is 5.91 Å². The molecule has 1 unspecified atom stereocenters. The molecule has 1 aromatic carbocycles. The minimum atomic E-state index is -0.589. The monoisotopic (exact) mass is 244 g/mol. The number of unbranched alkanes of at least 4 members (excludes halogenated alkanes) is 2. The minimum Gasteiger partial charge on any atom is -0.355 e. The number of nitrogens with one attached hydrogen (secondary N) is 1. The second-order valence-corrected chi connectivity index (χ2v) is 4.37. The number of benzene rings is 1. The zero-order valence-corrected chi connectivity index (χ0v) is 10.9. The van der Waals surface area contributed by atoms with Crippen LogP contribution < -0.4 is 5.32 Å². The molecule has 0 aliphatic carbocycles. The highest BCUT2D eigenvalue weighted by atomic mass is 16.1. The zero-order chi connectivity index (χ0) is 13.2. The highest BCUT2D eigenvalue weighted by Crippen LogP contribution is 2.08. The van der Waals surface area contributed by atoms with Crippen molar-refractivity contribution >= 4 is 5.91 Å². The van der Waals surface area contributed by atoms with E-state index < -0.39 is 5.92 Å². The Morgan fingerprint density at radius 3 is 2.67 bits per heavy atom. The van der Waals surface area contributed by atoms with Gasteiger partial charge in [0.2, 0.25) is 5.91 Å². The third-order valence-corrected chi connectivity index (χ3v) is 2.83. The lowest BCUT2D eigenvalue weighted by molar-refractivity contribution is -0.123. The average Bonchev–Trinajstić information content (AvgIpc) is 2.42. The molecule has 18 heavy (non-hydrogen) atoms. The van der Waals surface area contributed by atoms with Crippen molar-refractivity contribution in [2.45, 2.75) is 32.6 Å². The number of carbonyl (C=O) groups is 1. The number of nitrogens with zero attached hydrogens (tertiary/aromatic N) is 1. The van der Waals surface area contributed by atoms with Crippen molar-refractivity contribution in [3.63, 3.8) is 0 Å². The first-order valence-electron chi connectivity index (χ1n) is 6.49. The zero-order valence-electron chi connectivity index (χ0n) is 10.9. The number of rotatable bonds is 7. The summed E-state index contributed by atoms with van der Waals surface area (Å²) in [5.41, 5.74) is 1.02. The second-order valence-electron chi connectivity index (χ2n) is 4.37. The van der Waals surface area contributed by atoms with E-state index >= 15 is 0 Å². The summed E-state index contributed by atoms with van der Waals surface area (Å²) >= 11 is 0. The molecular weight excluding hydrogens is 224 g/mol. The molecule has 1 rings (SSSR count). The van der Waals surface area contributed by atoms with Crippen LogP contribution in [-0.2, 0) is 11.2 Å². The van der Waals surface area contributed by atoms with Gasteiger partial charge in [0.25, 0.3) is 0 Å². The molecule has 0 saturated heterocycles. The van der Waals surface area contributed by atoms with Crippen molar-refractivity contribution in [2.24, 2.45) is 5.92 Å². The van der Waals surface area contributed by atoms with Gasteiger partial charge in [-0.3, -0.25) is 4.79 Å². The third-order valence-electron chi connectivity index (χ3n) is 2.83. The highest BCUT2D eigenvalue weighted by Gasteiger charge is 2.17. The molecule has 3 nitrogen and oxygen atoms in total. The van der Waals surface area contributed by atoms with E-state index in [0.717, 1.165) is 24.8 Å². The summed E-state index contributed by atoms with van der Waals surface area (Å²) in [5.74, 6) is -0.744. The van der Waals surface area contributed by atoms with Crippen LogP contribution in [0.2, 0.25) is 0 Å². The predicted molar refractivity (Wildman–Crippen MR) is 71.8 cm³/mol. The molecule has 0 fully saturated rings. The SMILES string of the molecule is CCCCCNC(=O)C(C#N)Cc1ccccc1. The van der Waals surface area contributed by atoms with E-state index in [4.69, 9.17) is 5.26 Å². The van der Waals surface area contributed by atoms with Crippen molar-refractivity contribution in [1.82, 2.24) is 5.32 Å². The molecule has 1 amide bonds. The van der Waals surface area contributed by atoms with Crippen molar-refractivity contribution in [3.8, 4) is 6.07 Å². The Morgan fingerprint density at radius 1 is 1.33 bits per heavy atom. The number of hydrogen-bond acceptors (Lipinski definition) is 2. The summed E-state index contributed by atoms with van der Waals surface area (Å²) in [6.45, 7) is 2.79. The smallest absolute Gasteiger partial charge is 0.237 e. The number of amides is 1. The van der Waals surface area contributed by atoms with E-state index in [1.54, 1.807) is 0 Å². The lowest BCUT2D eigenvalue weighted by atomic mass is 10.00. The molecule has 0 aromatic heterocycles. The van der Waals surface area contributed by atoms with Crippen molar-refractivity contribution in [2.75, 3.05) is 6.54 Å². The summed E-state index contributed by atoms with van der Waals surface area (Å²) in [6.07, 6.45) is 3.69. The highest BCUT2D eigenvalue weighted by molar-refractivity contribution is 5.81. The van der Waals surface area contributed by atoms with Gasteiger partial charge in [0.15, 0.2) is 0 Å². The van der Waals surface area contributed by atoms with E-state index in [1.165, 1.54) is 0 Å². The molecule has 0 aliphatic rings. The Bertz CT molecular complexity index is 395. The summed E-state index contributed by atoms with van der Waals surface area (Å²) in [7, 11) is 0. The van der Waals surface area contributed by atoms with Gasteiger partial charge in [-0.2, -0.15) is 5.26 Å². The Balaban J connectivity index is 2.41. The number of carbonyl (C=O) groups excluding carboxylic acids is 1. The van der Waals surface area contributed by atoms with Gasteiger partial charge in [0, 0.05) is 6.54 Å². The number of hydrogen-bond donors (Lipinski definition) is 1. The quantitative estimate of drug-likeness (QED) is 0.750. The van der Waals surface area contributed by atoms with Gasteiger partial charge in [-0.05, 0) is 18.4 Å². The van der Waals surface area contributed by atoms with Crippen LogP contribution in [0.1, 0.15) is 31.7 Å². The molecule has 0 aliphatic heterocycles. The first kappa shape index (κ1) is 14.2. The van der Waals surface area contributed by atoms with Crippen LogP contribution in [0.4, 0.5) is 0 Å². The Kier molecular flexibility index (Phi) is 6.56. The normalized spacial score (nSPS) is 11.6. The number of nitriles is 1. The van der Waals surface area contributed by atoms with Gasteiger partial charge in [0.1, 0.15) is 5.92 Å². The van der Waals surface area contributed by atoms with E-state index in [9.17, 15) is 4.79 Å². The summed E-state index contributed by atoms with van der Waals surface area (Å²) in [5, 5.41) is 11.9. The molecule has 3 heteroatoms. The first-order chi connectivity index (χ1) is 8.77. The Hall–Kier alpha value is -1.82. The molecule has 0 heterocycles. The van der Waals surface area contributed by atoms with Gasteiger partial charge < -0.3 is 5.32 Å². The molecule has 96 valence electrons. The van der Waals surface area contributed by atoms with Crippen LogP contribution in [0.3, 0.4) is 0 Å². The van der Waals surface area contributed by atoms with Gasteiger partial charge in [-0.1, -0.05) is 50.1 Å². The van der Waals surface area contributed by atoms with Crippen LogP contribution in [0.15, 0.2) is 30.3 Å². The summed E-state index contributed by atoms with van der Waals surface area (Å²) < 4.78 is 0. The lowest BCUT2D eigenvalue weighted by Crippen LogP contribution is -2.31. The fourth-order valence-corrected chi connectivity index (χ4v) is 1.76. The van der Waals surface area contributed by atoms with Gasteiger partial charge in [-0.25, -0.2) is 0 Å². The summed E-state index contributed by atoms with van der Waals surface area (Å²) in [4.78, 5) is 11.8. The second kappa shape index (κ2) is 8.30. The maximum atomic E-state index is 11.8. The lowest BCUT2D eigenvalue weighted by Gasteiger charge is -2.10. The van der Waals surface area contributed by atoms with Crippen molar-refractivity contribution in [1.29, 1.82) is 5.26 Å². The molecule has 0 radical (unpaired) electrons. The molecule has 1 N–H and O–H groups in total. The first-order valence-corrected chi connectivity index (χ1v) is 6.49. The molecule has 0 bridgehead atoms. The maximum Gasteiger partial charge on any atom is 0.237 e. The summed E-state index contributed by atoms with van der Waals surface area (Å²) in [6, 6.07) is 11.7. The average molecular weight is 244 g/mol. The minimum absolute atomic E-state index is 0.155. The molecule has 1 aromatic rings. The van der Waals surface area contributed by atoms with Crippen molar-refractivity contribution < 1.29 is 4.79 Å². The topological polar surface area (TPSA) is 52.9 Å². The van der Waals surface area contributed by atoms with Crippen LogP contribution in [-0.4, -0.2) is 12.5 Å². The van der Waals surface area contributed by atoms with E-state index in [2.05, 4.69) is 18.3 Å². The van der Waals surface area contributed by atoms with Crippen LogP contribution in [0.5, 0.6) is 0 Å². The van der Waals surface area contributed by atoms with Gasteiger partial charge in [-0.15, -0.1) is 0 Å².